The fourth-order valence-electron chi connectivity index (χ4n) is 5.38. The molecule has 0 aromatic heterocycles. The molecule has 0 N–H and O–H groups in total. The smallest absolute Gasteiger partial charge is 0.333 e. The van der Waals surface area contributed by atoms with Crippen LogP contribution in [0.1, 0.15) is 123 Å². The predicted octanol–water partition coefficient (Wildman–Crippen LogP) is 5.54. The van der Waals surface area contributed by atoms with Crippen molar-refractivity contribution in [2.24, 2.45) is 5.92 Å². The van der Waals surface area contributed by atoms with Crippen LogP contribution >= 0.6 is 0 Å². The van der Waals surface area contributed by atoms with Crippen LogP contribution in [0.3, 0.4) is 0 Å². The number of hydrogen-bond acceptors (Lipinski definition) is 3. The first-order valence-corrected chi connectivity index (χ1v) is 15.7. The molecular formula is C34H57ClN2O2. The maximum Gasteiger partial charge on any atom is 0.333 e. The second kappa shape index (κ2) is 21.9. The fourth-order valence-corrected chi connectivity index (χ4v) is 5.38. The van der Waals surface area contributed by atoms with E-state index in [9.17, 15) is 4.79 Å². The van der Waals surface area contributed by atoms with E-state index in [4.69, 9.17) is 4.74 Å². The number of benzene rings is 1. The van der Waals surface area contributed by atoms with Gasteiger partial charge in [-0.25, -0.2) is 4.79 Å². The first-order valence-electron chi connectivity index (χ1n) is 15.7. The highest BCUT2D eigenvalue weighted by atomic mass is 35.5. The summed E-state index contributed by atoms with van der Waals surface area (Å²) in [6.45, 7) is 14.2. The summed E-state index contributed by atoms with van der Waals surface area (Å²) in [5, 5.41) is 0. The predicted molar refractivity (Wildman–Crippen MR) is 162 cm³/mol. The average Bonchev–Trinajstić information content (AvgIpc) is 3.27. The second-order valence-electron chi connectivity index (χ2n) is 11.8. The number of carbonyl (C=O) groups excluding carboxylic acids is 1. The van der Waals surface area contributed by atoms with Gasteiger partial charge in [0.15, 0.2) is 0 Å². The van der Waals surface area contributed by atoms with Crippen molar-refractivity contribution < 1.29 is 26.5 Å². The summed E-state index contributed by atoms with van der Waals surface area (Å²) in [6.07, 6.45) is 20.6. The molecule has 1 heterocycles. The van der Waals surface area contributed by atoms with Gasteiger partial charge < -0.3 is 17.1 Å². The summed E-state index contributed by atoms with van der Waals surface area (Å²) < 4.78 is 7.92. The number of hydrogen-bond donors (Lipinski definition) is 0. The van der Waals surface area contributed by atoms with Gasteiger partial charge >= 0.3 is 5.97 Å². The Morgan fingerprint density at radius 3 is 1.97 bits per heavy atom. The molecule has 1 aliphatic rings. The average molecular weight is 561 g/mol. The molecule has 39 heavy (non-hydrogen) atoms. The Kier molecular flexibility index (Phi) is 19.8. The molecule has 0 radical (unpaired) electrons. The number of halogens is 1. The van der Waals surface area contributed by atoms with Gasteiger partial charge in [-0.15, -0.1) is 0 Å². The summed E-state index contributed by atoms with van der Waals surface area (Å²) in [6, 6.07) is 10.7. The largest absolute Gasteiger partial charge is 1.00 e. The molecule has 222 valence electrons. The van der Waals surface area contributed by atoms with Crippen molar-refractivity contribution in [1.82, 2.24) is 4.90 Å². The van der Waals surface area contributed by atoms with Crippen molar-refractivity contribution in [2.75, 3.05) is 26.2 Å². The second-order valence-corrected chi connectivity index (χ2v) is 11.8. The van der Waals surface area contributed by atoms with Crippen molar-refractivity contribution in [3.8, 4) is 0 Å². The van der Waals surface area contributed by atoms with Crippen molar-refractivity contribution in [2.45, 2.75) is 124 Å². The van der Waals surface area contributed by atoms with E-state index in [1.165, 1.54) is 101 Å². The van der Waals surface area contributed by atoms with E-state index in [2.05, 4.69) is 60.2 Å². The van der Waals surface area contributed by atoms with Crippen LogP contribution < -0.4 is 12.4 Å². The first kappa shape index (κ1) is 35.2. The topological polar surface area (TPSA) is 32.5 Å². The standard InChI is InChI=1S/C34H57N2O2.ClH/c1-30(2)21-17-14-12-10-8-6-5-7-9-11-13-15-20-24-33-35(27-28-38-34(37)31(3)4)25-26-36(33)29-32-22-18-16-19-23-32;/h16,18-19,22-23,30H,3,5-15,17,20-21,24-29H2,1-2,4H3;1H/q+1;/p-1. The van der Waals surface area contributed by atoms with Gasteiger partial charge in [0.1, 0.15) is 32.8 Å². The fraction of sp³-hybridized carbons (Fsp3) is 0.706. The van der Waals surface area contributed by atoms with E-state index in [-0.39, 0.29) is 18.4 Å². The molecule has 4 nitrogen and oxygen atoms in total. The van der Waals surface area contributed by atoms with Gasteiger partial charge in [-0.1, -0.05) is 134 Å². The molecule has 5 heteroatoms. The number of esters is 1. The molecule has 2 rings (SSSR count). The van der Waals surface area contributed by atoms with Gasteiger partial charge in [-0.05, 0) is 24.8 Å². The molecule has 0 unspecified atom stereocenters. The third kappa shape index (κ3) is 16.1. The number of nitrogens with zero attached hydrogens (tertiary/aromatic N) is 2. The molecule has 0 saturated carbocycles. The lowest BCUT2D eigenvalue weighted by Crippen LogP contribution is -3.00. The van der Waals surface area contributed by atoms with Crippen LogP contribution in [0.2, 0.25) is 0 Å². The lowest BCUT2D eigenvalue weighted by atomic mass is 10.0. The van der Waals surface area contributed by atoms with Gasteiger partial charge in [0.2, 0.25) is 5.84 Å². The van der Waals surface area contributed by atoms with Gasteiger partial charge in [0, 0.05) is 12.0 Å². The molecule has 0 bridgehead atoms. The monoisotopic (exact) mass is 560 g/mol. The maximum absolute atomic E-state index is 11.8. The third-order valence-corrected chi connectivity index (χ3v) is 7.71. The summed E-state index contributed by atoms with van der Waals surface area (Å²) in [7, 11) is 0. The highest BCUT2D eigenvalue weighted by Crippen LogP contribution is 2.16. The number of amidine groups is 1. The van der Waals surface area contributed by atoms with Gasteiger partial charge in [0.05, 0.1) is 0 Å². The molecule has 0 spiro atoms. The summed E-state index contributed by atoms with van der Waals surface area (Å²) >= 11 is 0. The van der Waals surface area contributed by atoms with E-state index in [0.717, 1.165) is 38.5 Å². The molecule has 1 aliphatic heterocycles. The molecule has 0 saturated heterocycles. The molecule has 1 aromatic rings. The van der Waals surface area contributed by atoms with Crippen molar-refractivity contribution in [3.63, 3.8) is 0 Å². The molecule has 0 fully saturated rings. The highest BCUT2D eigenvalue weighted by molar-refractivity contribution is 5.87. The van der Waals surface area contributed by atoms with Crippen LogP contribution in [0.4, 0.5) is 0 Å². The van der Waals surface area contributed by atoms with E-state index in [1.807, 2.05) is 0 Å². The number of ether oxygens (including phenoxy) is 1. The van der Waals surface area contributed by atoms with Crippen molar-refractivity contribution in [3.05, 3.63) is 48.0 Å². The first-order chi connectivity index (χ1) is 18.5. The Morgan fingerprint density at radius 1 is 0.897 bits per heavy atom. The minimum atomic E-state index is -0.288. The zero-order chi connectivity index (χ0) is 27.4. The minimum Gasteiger partial charge on any atom is -1.00 e. The molecule has 0 aliphatic carbocycles. The summed E-state index contributed by atoms with van der Waals surface area (Å²) in [5.41, 5.74) is 1.82. The lowest BCUT2D eigenvalue weighted by molar-refractivity contribution is -0.535. The van der Waals surface area contributed by atoms with E-state index < -0.39 is 0 Å². The summed E-state index contributed by atoms with van der Waals surface area (Å²) in [5.74, 6) is 2.00. The van der Waals surface area contributed by atoms with Crippen LogP contribution in [-0.2, 0) is 16.1 Å². The Hall–Kier alpha value is -1.81. The molecule has 1 aromatic carbocycles. The number of rotatable bonds is 22. The lowest BCUT2D eigenvalue weighted by Gasteiger charge is -2.14. The zero-order valence-corrected chi connectivity index (χ0v) is 26.2. The van der Waals surface area contributed by atoms with Crippen molar-refractivity contribution in [1.29, 1.82) is 0 Å². The van der Waals surface area contributed by atoms with Crippen LogP contribution in [0.15, 0.2) is 42.5 Å². The Bertz CT molecular complexity index is 822. The number of carbonyl (C=O) groups is 1. The van der Waals surface area contributed by atoms with E-state index in [1.54, 1.807) is 6.92 Å². The maximum atomic E-state index is 11.8. The van der Waals surface area contributed by atoms with Gasteiger partial charge in [-0.2, -0.15) is 0 Å². The Balaban J connectivity index is 0.00000760. The van der Waals surface area contributed by atoms with Crippen LogP contribution in [0, 0.1) is 5.92 Å². The SMILES string of the molecule is C=C(C)C(=O)OCCN1CC[N+](Cc2ccccc2)=C1CCCCCCCCCCCCCCCC(C)C.[Cl-]. The summed E-state index contributed by atoms with van der Waals surface area (Å²) in [4.78, 5) is 14.2. The van der Waals surface area contributed by atoms with Gasteiger partial charge in [0.25, 0.3) is 0 Å². The van der Waals surface area contributed by atoms with Crippen molar-refractivity contribution >= 4 is 11.8 Å². The third-order valence-electron chi connectivity index (χ3n) is 7.71. The quantitative estimate of drug-likeness (QED) is 0.0807. The zero-order valence-electron chi connectivity index (χ0n) is 25.4. The van der Waals surface area contributed by atoms with E-state index in [0.29, 0.717) is 12.2 Å². The van der Waals surface area contributed by atoms with Crippen LogP contribution in [-0.4, -0.2) is 47.5 Å². The van der Waals surface area contributed by atoms with E-state index >= 15 is 0 Å². The minimum absolute atomic E-state index is 0. The molecular weight excluding hydrogens is 504 g/mol. The normalized spacial score (nSPS) is 13.2. The Morgan fingerprint density at radius 2 is 1.44 bits per heavy atom. The van der Waals surface area contributed by atoms with Crippen LogP contribution in [0.5, 0.6) is 0 Å². The van der Waals surface area contributed by atoms with Crippen LogP contribution in [0.25, 0.3) is 0 Å². The molecule has 0 atom stereocenters. The molecule has 0 amide bonds. The van der Waals surface area contributed by atoms with Gasteiger partial charge in [-0.3, -0.25) is 9.48 Å². The Labute approximate surface area is 246 Å². The highest BCUT2D eigenvalue weighted by Gasteiger charge is 2.29. The number of unbranched alkanes of at least 4 members (excludes halogenated alkanes) is 12.